The second-order valence-electron chi connectivity index (χ2n) is 4.36. The molecule has 0 aliphatic heterocycles. The van der Waals surface area contributed by atoms with Gasteiger partial charge >= 0.3 is 0 Å². The first kappa shape index (κ1) is 13.7. The van der Waals surface area contributed by atoms with Crippen LogP contribution in [0.1, 0.15) is 25.6 Å². The molecule has 2 aromatic rings. The molecule has 0 aliphatic rings. The Kier molecular flexibility index (Phi) is 4.50. The Bertz CT molecular complexity index is 537. The molecule has 0 saturated heterocycles. The lowest BCUT2D eigenvalue weighted by Gasteiger charge is -2.08. The molecule has 1 aromatic carbocycles. The average molecular weight is 376 g/mol. The molecule has 1 N–H and O–H groups in total. The highest BCUT2D eigenvalue weighted by atomic mass is 127. The molecule has 0 unspecified atom stereocenters. The smallest absolute Gasteiger partial charge is 0.0815 e. The maximum absolute atomic E-state index is 5.92. The Morgan fingerprint density at radius 2 is 2.17 bits per heavy atom. The molecule has 3 nitrogen and oxygen atoms in total. The van der Waals surface area contributed by atoms with Crippen LogP contribution in [0.4, 0.5) is 5.69 Å². The van der Waals surface area contributed by atoms with Crippen molar-refractivity contribution >= 4 is 39.9 Å². The molecule has 1 heterocycles. The minimum Gasteiger partial charge on any atom is -0.378 e. The van der Waals surface area contributed by atoms with Crippen LogP contribution in [0.2, 0.25) is 5.02 Å². The first-order chi connectivity index (χ1) is 8.56. The summed E-state index contributed by atoms with van der Waals surface area (Å²) in [5, 5.41) is 8.62. The van der Waals surface area contributed by atoms with Crippen LogP contribution < -0.4 is 5.32 Å². The van der Waals surface area contributed by atoms with Crippen molar-refractivity contribution in [3.05, 3.63) is 44.7 Å². The van der Waals surface area contributed by atoms with Crippen LogP contribution in [0.3, 0.4) is 0 Å². The summed E-state index contributed by atoms with van der Waals surface area (Å²) in [5.41, 5.74) is 2.12. The van der Waals surface area contributed by atoms with E-state index in [2.05, 4.69) is 46.9 Å². The molecule has 0 amide bonds. The van der Waals surface area contributed by atoms with E-state index in [1.54, 1.807) is 0 Å². The van der Waals surface area contributed by atoms with Gasteiger partial charge in [0.2, 0.25) is 0 Å². The second-order valence-corrected chi connectivity index (χ2v) is 5.96. The average Bonchev–Trinajstić information content (AvgIpc) is 2.76. The predicted molar refractivity (Wildman–Crippen MR) is 84.1 cm³/mol. The van der Waals surface area contributed by atoms with Crippen LogP contribution in [0.5, 0.6) is 0 Å². The van der Waals surface area contributed by atoms with E-state index in [9.17, 15) is 0 Å². The minimum atomic E-state index is 0.398. The molecular formula is C13H15ClIN3. The zero-order valence-electron chi connectivity index (χ0n) is 10.3. The van der Waals surface area contributed by atoms with E-state index >= 15 is 0 Å². The number of hydrogen-bond acceptors (Lipinski definition) is 2. The fourth-order valence-corrected chi connectivity index (χ4v) is 2.64. The Morgan fingerprint density at radius 1 is 1.39 bits per heavy atom. The molecule has 18 heavy (non-hydrogen) atoms. The molecule has 2 rings (SSSR count). The first-order valence-electron chi connectivity index (χ1n) is 5.79. The Morgan fingerprint density at radius 3 is 2.78 bits per heavy atom. The third kappa shape index (κ3) is 3.38. The van der Waals surface area contributed by atoms with E-state index < -0.39 is 0 Å². The highest BCUT2D eigenvalue weighted by Crippen LogP contribution is 2.22. The van der Waals surface area contributed by atoms with Crippen LogP contribution in [0.25, 0.3) is 0 Å². The lowest BCUT2D eigenvalue weighted by molar-refractivity contribution is 0.527. The second kappa shape index (κ2) is 5.93. The summed E-state index contributed by atoms with van der Waals surface area (Å²) in [6, 6.07) is 8.25. The maximum atomic E-state index is 5.92. The van der Waals surface area contributed by atoms with E-state index in [0.717, 1.165) is 26.5 Å². The van der Waals surface area contributed by atoms with Crippen molar-refractivity contribution in [3.63, 3.8) is 0 Å². The number of benzene rings is 1. The molecule has 0 bridgehead atoms. The van der Waals surface area contributed by atoms with Gasteiger partial charge in [0, 0.05) is 26.5 Å². The summed E-state index contributed by atoms with van der Waals surface area (Å²) in [7, 11) is 0. The van der Waals surface area contributed by atoms with Gasteiger partial charge in [-0.2, -0.15) is 5.10 Å². The highest BCUT2D eigenvalue weighted by molar-refractivity contribution is 14.1. The van der Waals surface area contributed by atoms with Crippen molar-refractivity contribution in [1.29, 1.82) is 0 Å². The van der Waals surface area contributed by atoms with Gasteiger partial charge in [-0.1, -0.05) is 11.6 Å². The Balaban J connectivity index is 2.02. The summed E-state index contributed by atoms with van der Waals surface area (Å²) in [6.45, 7) is 4.95. The van der Waals surface area contributed by atoms with Crippen molar-refractivity contribution in [2.24, 2.45) is 0 Å². The number of anilines is 1. The maximum Gasteiger partial charge on any atom is 0.0815 e. The Hall–Kier alpha value is -0.750. The van der Waals surface area contributed by atoms with Gasteiger partial charge in [0.15, 0.2) is 0 Å². The van der Waals surface area contributed by atoms with Crippen molar-refractivity contribution in [2.45, 2.75) is 26.4 Å². The molecule has 0 fully saturated rings. The van der Waals surface area contributed by atoms with Gasteiger partial charge < -0.3 is 5.32 Å². The zero-order chi connectivity index (χ0) is 13.1. The fourth-order valence-electron chi connectivity index (χ4n) is 1.58. The molecule has 0 radical (unpaired) electrons. The van der Waals surface area contributed by atoms with Crippen LogP contribution in [0.15, 0.2) is 30.5 Å². The highest BCUT2D eigenvalue weighted by Gasteiger charge is 2.04. The lowest BCUT2D eigenvalue weighted by atomic mass is 10.3. The van der Waals surface area contributed by atoms with Crippen molar-refractivity contribution in [1.82, 2.24) is 9.78 Å². The molecule has 96 valence electrons. The predicted octanol–water partition coefficient (Wildman–Crippen LogP) is 4.33. The van der Waals surface area contributed by atoms with Gasteiger partial charge in [0.25, 0.3) is 0 Å². The number of rotatable bonds is 4. The van der Waals surface area contributed by atoms with Gasteiger partial charge in [0.1, 0.15) is 0 Å². The summed E-state index contributed by atoms with van der Waals surface area (Å²) >= 11 is 8.20. The van der Waals surface area contributed by atoms with E-state index in [4.69, 9.17) is 11.6 Å². The van der Waals surface area contributed by atoms with Gasteiger partial charge in [-0.3, -0.25) is 4.68 Å². The van der Waals surface area contributed by atoms with Crippen LogP contribution in [-0.2, 0) is 6.54 Å². The van der Waals surface area contributed by atoms with E-state index in [1.807, 2.05) is 35.1 Å². The summed E-state index contributed by atoms with van der Waals surface area (Å²) in [5.74, 6) is 0. The minimum absolute atomic E-state index is 0.398. The third-order valence-corrected chi connectivity index (χ3v) is 3.71. The van der Waals surface area contributed by atoms with Crippen LogP contribution in [0, 0.1) is 3.57 Å². The van der Waals surface area contributed by atoms with E-state index in [1.165, 1.54) is 0 Å². The van der Waals surface area contributed by atoms with Crippen LogP contribution >= 0.6 is 34.2 Å². The quantitative estimate of drug-likeness (QED) is 0.806. The van der Waals surface area contributed by atoms with Gasteiger partial charge in [-0.15, -0.1) is 0 Å². The molecular weight excluding hydrogens is 361 g/mol. The fraction of sp³-hybridized carbons (Fsp3) is 0.308. The number of nitrogens with zero attached hydrogens (tertiary/aromatic N) is 2. The lowest BCUT2D eigenvalue weighted by Crippen LogP contribution is -2.05. The standard InChI is InChI=1S/C13H15ClIN3/c1-9(2)18-6-5-11(17-18)8-16-13-4-3-10(14)7-12(13)15/h3-7,9,16H,8H2,1-2H3. The summed E-state index contributed by atoms with van der Waals surface area (Å²) in [6.07, 6.45) is 2.01. The number of hydrogen-bond donors (Lipinski definition) is 1. The topological polar surface area (TPSA) is 29.9 Å². The largest absolute Gasteiger partial charge is 0.378 e. The summed E-state index contributed by atoms with van der Waals surface area (Å²) in [4.78, 5) is 0. The molecule has 0 aliphatic carbocycles. The monoisotopic (exact) mass is 375 g/mol. The van der Waals surface area contributed by atoms with Crippen molar-refractivity contribution < 1.29 is 0 Å². The molecule has 5 heteroatoms. The van der Waals surface area contributed by atoms with Gasteiger partial charge in [-0.05, 0) is 60.7 Å². The molecule has 0 saturated carbocycles. The van der Waals surface area contributed by atoms with E-state index in [-0.39, 0.29) is 0 Å². The SMILES string of the molecule is CC(C)n1ccc(CNc2ccc(Cl)cc2I)n1. The van der Waals surface area contributed by atoms with Crippen molar-refractivity contribution in [3.8, 4) is 0 Å². The van der Waals surface area contributed by atoms with Crippen molar-refractivity contribution in [2.75, 3.05) is 5.32 Å². The van der Waals surface area contributed by atoms with Crippen LogP contribution in [-0.4, -0.2) is 9.78 Å². The Labute approximate surface area is 126 Å². The third-order valence-electron chi connectivity index (χ3n) is 2.58. The molecule has 0 spiro atoms. The normalized spacial score (nSPS) is 10.9. The van der Waals surface area contributed by atoms with Gasteiger partial charge in [-0.25, -0.2) is 0 Å². The number of aromatic nitrogens is 2. The first-order valence-corrected chi connectivity index (χ1v) is 7.25. The summed E-state index contributed by atoms with van der Waals surface area (Å²) < 4.78 is 3.08. The molecule has 1 aromatic heterocycles. The number of nitrogens with one attached hydrogen (secondary N) is 1. The zero-order valence-corrected chi connectivity index (χ0v) is 13.2. The molecule has 0 atom stereocenters. The van der Waals surface area contributed by atoms with E-state index in [0.29, 0.717) is 6.04 Å². The number of halogens is 2. The van der Waals surface area contributed by atoms with Gasteiger partial charge in [0.05, 0.1) is 12.2 Å².